The molecule has 0 N–H and O–H groups in total. The molecule has 5 nitrogen and oxygen atoms in total. The summed E-state index contributed by atoms with van der Waals surface area (Å²) in [6.45, 7) is 4.01. The number of nitrogens with zero attached hydrogens (tertiary/aromatic N) is 3. The molecule has 0 saturated carbocycles. The van der Waals surface area contributed by atoms with E-state index in [1.165, 1.54) is 16.4 Å². The number of carbonyl (C=O) groups is 1. The van der Waals surface area contributed by atoms with Gasteiger partial charge < -0.3 is 4.74 Å². The lowest BCUT2D eigenvalue weighted by atomic mass is 10.2. The van der Waals surface area contributed by atoms with Crippen LogP contribution in [-0.2, 0) is 4.74 Å². The van der Waals surface area contributed by atoms with Crippen molar-refractivity contribution in [3.05, 3.63) is 63.8 Å². The first kappa shape index (κ1) is 18.8. The predicted octanol–water partition coefficient (Wildman–Crippen LogP) is 5.21. The smallest absolute Gasteiger partial charge is 0.361 e. The Morgan fingerprint density at radius 1 is 1.15 bits per heavy atom. The lowest BCUT2D eigenvalue weighted by molar-refractivity contribution is 0.0515. The molecule has 0 aliphatic rings. The van der Waals surface area contributed by atoms with Gasteiger partial charge >= 0.3 is 5.97 Å². The summed E-state index contributed by atoms with van der Waals surface area (Å²) in [5.74, 6) is -0.526. The van der Waals surface area contributed by atoms with Gasteiger partial charge in [-0.25, -0.2) is 9.48 Å². The fourth-order valence-electron chi connectivity index (χ4n) is 2.24. The van der Waals surface area contributed by atoms with Gasteiger partial charge in [-0.3, -0.25) is 0 Å². The van der Waals surface area contributed by atoms with Gasteiger partial charge in [0.25, 0.3) is 0 Å². The van der Waals surface area contributed by atoms with Crippen LogP contribution in [0.5, 0.6) is 0 Å². The van der Waals surface area contributed by atoms with Crippen LogP contribution in [0.25, 0.3) is 5.69 Å². The van der Waals surface area contributed by atoms with Crippen LogP contribution >= 0.6 is 35.0 Å². The van der Waals surface area contributed by atoms with E-state index in [1.807, 2.05) is 31.2 Å². The number of aromatic nitrogens is 3. The molecule has 1 aromatic heterocycles. The van der Waals surface area contributed by atoms with Crippen molar-refractivity contribution in [2.45, 2.75) is 23.8 Å². The molecule has 0 aliphatic heterocycles. The number of hydrogen-bond donors (Lipinski definition) is 0. The van der Waals surface area contributed by atoms with Gasteiger partial charge in [-0.2, -0.15) is 0 Å². The van der Waals surface area contributed by atoms with E-state index in [9.17, 15) is 4.79 Å². The summed E-state index contributed by atoms with van der Waals surface area (Å²) in [7, 11) is 0. The average molecular weight is 408 g/mol. The van der Waals surface area contributed by atoms with Crippen molar-refractivity contribution in [1.29, 1.82) is 0 Å². The van der Waals surface area contributed by atoms with E-state index in [0.717, 1.165) is 10.5 Å². The number of ether oxygens (including phenoxy) is 1. The molecule has 8 heteroatoms. The van der Waals surface area contributed by atoms with Crippen molar-refractivity contribution in [2.24, 2.45) is 0 Å². The maximum absolute atomic E-state index is 12.3. The van der Waals surface area contributed by atoms with Crippen LogP contribution < -0.4 is 0 Å². The minimum atomic E-state index is -0.526. The first-order chi connectivity index (χ1) is 12.5. The van der Waals surface area contributed by atoms with Gasteiger partial charge in [0, 0.05) is 14.9 Å². The van der Waals surface area contributed by atoms with E-state index >= 15 is 0 Å². The number of halogens is 2. The third-order valence-electron chi connectivity index (χ3n) is 3.43. The molecule has 0 unspecified atom stereocenters. The van der Waals surface area contributed by atoms with E-state index in [2.05, 4.69) is 10.3 Å². The molecule has 134 valence electrons. The monoisotopic (exact) mass is 407 g/mol. The third kappa shape index (κ3) is 4.20. The molecule has 0 saturated heterocycles. The maximum Gasteiger partial charge on any atom is 0.361 e. The van der Waals surface area contributed by atoms with Gasteiger partial charge in [0.05, 0.1) is 12.3 Å². The highest BCUT2D eigenvalue weighted by Gasteiger charge is 2.23. The summed E-state index contributed by atoms with van der Waals surface area (Å²) < 4.78 is 6.64. The second kappa shape index (κ2) is 8.12. The Kier molecular flexibility index (Phi) is 5.86. The Morgan fingerprint density at radius 3 is 2.42 bits per heavy atom. The standard InChI is InChI=1S/C18H15Cl2N3O2S/c1-3-25-18(24)16-17(26-15-6-4-11(2)5-7-15)23(22-21-16)14-9-12(19)8-13(20)10-14/h4-10H,3H2,1-2H3. The summed E-state index contributed by atoms with van der Waals surface area (Å²) >= 11 is 13.6. The van der Waals surface area contributed by atoms with Gasteiger partial charge in [0.1, 0.15) is 5.03 Å². The van der Waals surface area contributed by atoms with E-state index in [-0.39, 0.29) is 12.3 Å². The highest BCUT2D eigenvalue weighted by molar-refractivity contribution is 7.99. The highest BCUT2D eigenvalue weighted by atomic mass is 35.5. The van der Waals surface area contributed by atoms with Crippen molar-refractivity contribution >= 4 is 40.9 Å². The molecule has 0 radical (unpaired) electrons. The van der Waals surface area contributed by atoms with Gasteiger partial charge in [0.15, 0.2) is 0 Å². The summed E-state index contributed by atoms with van der Waals surface area (Å²) in [5, 5.41) is 9.59. The minimum absolute atomic E-state index is 0.147. The second-order valence-electron chi connectivity index (χ2n) is 5.42. The lowest BCUT2D eigenvalue weighted by Gasteiger charge is -2.09. The van der Waals surface area contributed by atoms with Crippen molar-refractivity contribution in [2.75, 3.05) is 6.61 Å². The van der Waals surface area contributed by atoms with Crippen LogP contribution in [0.2, 0.25) is 10.0 Å². The highest BCUT2D eigenvalue weighted by Crippen LogP contribution is 2.33. The first-order valence-electron chi connectivity index (χ1n) is 7.81. The summed E-state index contributed by atoms with van der Waals surface area (Å²) in [6.07, 6.45) is 0. The zero-order valence-corrected chi connectivity index (χ0v) is 16.4. The van der Waals surface area contributed by atoms with Crippen molar-refractivity contribution in [3.63, 3.8) is 0 Å². The lowest BCUT2D eigenvalue weighted by Crippen LogP contribution is -2.07. The topological polar surface area (TPSA) is 57.0 Å². The fourth-order valence-corrected chi connectivity index (χ4v) is 3.70. The Labute approximate surface area is 165 Å². The van der Waals surface area contributed by atoms with E-state index < -0.39 is 5.97 Å². The zero-order chi connectivity index (χ0) is 18.7. The quantitative estimate of drug-likeness (QED) is 0.543. The number of benzene rings is 2. The molecule has 0 spiro atoms. The summed E-state index contributed by atoms with van der Waals surface area (Å²) in [6, 6.07) is 13.0. The van der Waals surface area contributed by atoms with E-state index in [4.69, 9.17) is 27.9 Å². The molecule has 26 heavy (non-hydrogen) atoms. The van der Waals surface area contributed by atoms with Crippen LogP contribution in [0.4, 0.5) is 0 Å². The van der Waals surface area contributed by atoms with Crippen molar-refractivity contribution in [3.8, 4) is 5.69 Å². The van der Waals surface area contributed by atoms with Crippen LogP contribution in [0.3, 0.4) is 0 Å². The van der Waals surface area contributed by atoms with Crippen LogP contribution in [0, 0.1) is 6.92 Å². The Balaban J connectivity index is 2.09. The molecule has 0 bridgehead atoms. The van der Waals surface area contributed by atoms with Gasteiger partial charge in [-0.1, -0.05) is 57.9 Å². The number of hydrogen-bond acceptors (Lipinski definition) is 5. The molecule has 3 aromatic rings. The second-order valence-corrected chi connectivity index (χ2v) is 7.35. The Hall–Kier alpha value is -2.02. The predicted molar refractivity (Wildman–Crippen MR) is 103 cm³/mol. The molecule has 0 amide bonds. The third-order valence-corrected chi connectivity index (χ3v) is 4.93. The minimum Gasteiger partial charge on any atom is -0.461 e. The number of esters is 1. The average Bonchev–Trinajstić information content (AvgIpc) is 3.00. The Bertz CT molecular complexity index is 922. The summed E-state index contributed by atoms with van der Waals surface area (Å²) in [4.78, 5) is 13.2. The van der Waals surface area contributed by atoms with Gasteiger partial charge in [-0.05, 0) is 44.2 Å². The molecular weight excluding hydrogens is 393 g/mol. The van der Waals surface area contributed by atoms with Gasteiger partial charge in [0.2, 0.25) is 5.69 Å². The molecule has 3 rings (SSSR count). The van der Waals surface area contributed by atoms with Crippen molar-refractivity contribution in [1.82, 2.24) is 15.0 Å². The molecule has 0 fully saturated rings. The van der Waals surface area contributed by atoms with Crippen LogP contribution in [0.1, 0.15) is 23.0 Å². The molecular formula is C18H15Cl2N3O2S. The summed E-state index contributed by atoms with van der Waals surface area (Å²) in [5.41, 5.74) is 1.90. The Morgan fingerprint density at radius 2 is 1.81 bits per heavy atom. The molecule has 0 aliphatic carbocycles. The van der Waals surface area contributed by atoms with E-state index in [1.54, 1.807) is 25.1 Å². The molecule has 1 heterocycles. The first-order valence-corrected chi connectivity index (χ1v) is 9.39. The number of rotatable bonds is 5. The maximum atomic E-state index is 12.3. The van der Waals surface area contributed by atoms with E-state index in [0.29, 0.717) is 20.8 Å². The number of aryl methyl sites for hydroxylation is 1. The van der Waals surface area contributed by atoms with Crippen LogP contribution in [-0.4, -0.2) is 27.6 Å². The molecule has 2 aromatic carbocycles. The number of carbonyl (C=O) groups excluding carboxylic acids is 1. The normalized spacial score (nSPS) is 10.8. The molecule has 0 atom stereocenters. The SMILES string of the molecule is CCOC(=O)c1nnn(-c2cc(Cl)cc(Cl)c2)c1Sc1ccc(C)cc1. The fraction of sp³-hybridized carbons (Fsp3) is 0.167. The van der Waals surface area contributed by atoms with Crippen LogP contribution in [0.15, 0.2) is 52.4 Å². The van der Waals surface area contributed by atoms with Gasteiger partial charge in [-0.15, -0.1) is 5.10 Å². The largest absolute Gasteiger partial charge is 0.461 e. The van der Waals surface area contributed by atoms with Crippen molar-refractivity contribution < 1.29 is 9.53 Å². The zero-order valence-electron chi connectivity index (χ0n) is 14.1.